The third kappa shape index (κ3) is 4.38. The molecule has 0 saturated carbocycles. The van der Waals surface area contributed by atoms with Crippen LogP contribution in [0.15, 0.2) is 36.7 Å². The van der Waals surface area contributed by atoms with Gasteiger partial charge in [-0.2, -0.15) is 0 Å². The van der Waals surface area contributed by atoms with Gasteiger partial charge in [0.15, 0.2) is 11.5 Å². The van der Waals surface area contributed by atoms with Crippen molar-refractivity contribution in [3.8, 4) is 11.5 Å². The minimum Gasteiger partial charge on any atom is -0.486 e. The number of hydrogen-bond donors (Lipinski definition) is 1. The molecule has 126 valence electrons. The molecule has 0 atom stereocenters. The van der Waals surface area contributed by atoms with Crippen LogP contribution in [0.4, 0.5) is 0 Å². The number of rotatable bonds is 6. The van der Waals surface area contributed by atoms with Crippen molar-refractivity contribution >= 4 is 17.5 Å². The number of nitrogens with zero attached hydrogens (tertiary/aromatic N) is 1. The van der Waals surface area contributed by atoms with E-state index in [9.17, 15) is 4.79 Å². The lowest BCUT2D eigenvalue weighted by atomic mass is 10.1. The zero-order chi connectivity index (χ0) is 16.8. The van der Waals surface area contributed by atoms with Crippen LogP contribution in [0.1, 0.15) is 17.5 Å². The van der Waals surface area contributed by atoms with Gasteiger partial charge >= 0.3 is 0 Å². The molecule has 0 bridgehead atoms. The third-order valence-corrected chi connectivity index (χ3v) is 4.04. The molecule has 5 nitrogen and oxygen atoms in total. The van der Waals surface area contributed by atoms with Gasteiger partial charge in [0.2, 0.25) is 5.91 Å². The SMILES string of the molecule is O=C(CCc1cccnc1)NCCc1cc(Cl)c2c(c1)OCCO2. The zero-order valence-corrected chi connectivity index (χ0v) is 14.0. The first kappa shape index (κ1) is 16.6. The van der Waals surface area contributed by atoms with Gasteiger partial charge in [0, 0.05) is 25.4 Å². The first-order chi connectivity index (χ1) is 11.7. The molecule has 3 rings (SSSR count). The predicted molar refractivity (Wildman–Crippen MR) is 91.7 cm³/mol. The summed E-state index contributed by atoms with van der Waals surface area (Å²) in [5.74, 6) is 1.31. The van der Waals surface area contributed by atoms with Crippen LogP contribution in [0.3, 0.4) is 0 Å². The number of fused-ring (bicyclic) bond motifs is 1. The molecule has 2 heterocycles. The monoisotopic (exact) mass is 346 g/mol. The van der Waals surface area contributed by atoms with Gasteiger partial charge in [-0.15, -0.1) is 0 Å². The smallest absolute Gasteiger partial charge is 0.220 e. The maximum Gasteiger partial charge on any atom is 0.220 e. The molecule has 0 fully saturated rings. The molecule has 0 saturated heterocycles. The molecule has 1 aliphatic rings. The Morgan fingerprint density at radius 2 is 2.08 bits per heavy atom. The summed E-state index contributed by atoms with van der Waals surface area (Å²) < 4.78 is 11.1. The maximum absolute atomic E-state index is 11.9. The number of nitrogens with one attached hydrogen (secondary N) is 1. The van der Waals surface area contributed by atoms with Crippen molar-refractivity contribution in [3.63, 3.8) is 0 Å². The number of hydrogen-bond acceptors (Lipinski definition) is 4. The highest BCUT2D eigenvalue weighted by Gasteiger charge is 2.16. The van der Waals surface area contributed by atoms with E-state index < -0.39 is 0 Å². The summed E-state index contributed by atoms with van der Waals surface area (Å²) in [6, 6.07) is 7.62. The molecule has 1 amide bonds. The second-order valence-corrected chi connectivity index (χ2v) is 5.97. The maximum atomic E-state index is 11.9. The lowest BCUT2D eigenvalue weighted by molar-refractivity contribution is -0.121. The fourth-order valence-electron chi connectivity index (χ4n) is 2.55. The fraction of sp³-hybridized carbons (Fsp3) is 0.333. The van der Waals surface area contributed by atoms with Crippen molar-refractivity contribution in [2.75, 3.05) is 19.8 Å². The number of carbonyl (C=O) groups is 1. The van der Waals surface area contributed by atoms with Gasteiger partial charge < -0.3 is 14.8 Å². The number of ether oxygens (including phenoxy) is 2. The normalized spacial score (nSPS) is 12.7. The van der Waals surface area contributed by atoms with Crippen molar-refractivity contribution in [1.29, 1.82) is 0 Å². The van der Waals surface area contributed by atoms with Crippen LogP contribution < -0.4 is 14.8 Å². The summed E-state index contributed by atoms with van der Waals surface area (Å²) in [7, 11) is 0. The first-order valence-corrected chi connectivity index (χ1v) is 8.34. The van der Waals surface area contributed by atoms with Crippen molar-refractivity contribution in [1.82, 2.24) is 10.3 Å². The van der Waals surface area contributed by atoms with Gasteiger partial charge in [-0.3, -0.25) is 9.78 Å². The molecule has 0 spiro atoms. The highest BCUT2D eigenvalue weighted by molar-refractivity contribution is 6.32. The Hall–Kier alpha value is -2.27. The topological polar surface area (TPSA) is 60.5 Å². The predicted octanol–water partition coefficient (Wildman–Crippen LogP) is 2.80. The van der Waals surface area contributed by atoms with Crippen LogP contribution >= 0.6 is 11.6 Å². The first-order valence-electron chi connectivity index (χ1n) is 7.96. The number of halogens is 1. The Labute approximate surface area is 145 Å². The molecule has 24 heavy (non-hydrogen) atoms. The molecule has 0 aliphatic carbocycles. The van der Waals surface area contributed by atoms with Gasteiger partial charge in [0.25, 0.3) is 0 Å². The van der Waals surface area contributed by atoms with E-state index in [1.54, 1.807) is 12.4 Å². The molecular formula is C18H19ClN2O3. The zero-order valence-electron chi connectivity index (χ0n) is 13.3. The van der Waals surface area contributed by atoms with Crippen LogP contribution in [0, 0.1) is 0 Å². The molecule has 6 heteroatoms. The van der Waals surface area contributed by atoms with Crippen LogP contribution in [0.25, 0.3) is 0 Å². The fourth-order valence-corrected chi connectivity index (χ4v) is 2.83. The van der Waals surface area contributed by atoms with Gasteiger partial charge in [0.1, 0.15) is 13.2 Å². The van der Waals surface area contributed by atoms with E-state index >= 15 is 0 Å². The minimum absolute atomic E-state index is 0.0301. The van der Waals surface area contributed by atoms with E-state index in [0.29, 0.717) is 55.5 Å². The van der Waals surface area contributed by atoms with Crippen LogP contribution in [-0.4, -0.2) is 30.6 Å². The van der Waals surface area contributed by atoms with Crippen LogP contribution in [-0.2, 0) is 17.6 Å². The Morgan fingerprint density at radius 3 is 2.92 bits per heavy atom. The van der Waals surface area contributed by atoms with Crippen LogP contribution in [0.2, 0.25) is 5.02 Å². The lowest BCUT2D eigenvalue weighted by Gasteiger charge is -2.20. The van der Waals surface area contributed by atoms with E-state index in [1.165, 1.54) is 0 Å². The standard InChI is InChI=1S/C18H19ClN2O3/c19-15-10-14(11-16-18(15)24-9-8-23-16)5-7-21-17(22)4-3-13-2-1-6-20-12-13/h1-2,6,10-12H,3-5,7-9H2,(H,21,22). The van der Waals surface area contributed by atoms with Crippen molar-refractivity contribution in [2.24, 2.45) is 0 Å². The second-order valence-electron chi connectivity index (χ2n) is 5.56. The van der Waals surface area contributed by atoms with Crippen molar-refractivity contribution in [3.05, 3.63) is 52.8 Å². The Morgan fingerprint density at radius 1 is 1.21 bits per heavy atom. The van der Waals surface area contributed by atoms with Gasteiger partial charge in [-0.1, -0.05) is 17.7 Å². The molecule has 1 aliphatic heterocycles. The molecule has 0 unspecified atom stereocenters. The quantitative estimate of drug-likeness (QED) is 0.873. The molecule has 1 aromatic heterocycles. The number of carbonyl (C=O) groups excluding carboxylic acids is 1. The minimum atomic E-state index is 0.0301. The van der Waals surface area contributed by atoms with E-state index in [2.05, 4.69) is 10.3 Å². The number of amides is 1. The number of pyridine rings is 1. The number of aryl methyl sites for hydroxylation is 1. The average molecular weight is 347 g/mol. The Bertz CT molecular complexity index is 707. The number of aromatic nitrogens is 1. The van der Waals surface area contributed by atoms with Crippen molar-refractivity contribution in [2.45, 2.75) is 19.3 Å². The van der Waals surface area contributed by atoms with Crippen molar-refractivity contribution < 1.29 is 14.3 Å². The summed E-state index contributed by atoms with van der Waals surface area (Å²) in [6.45, 7) is 1.60. The summed E-state index contributed by atoms with van der Waals surface area (Å²) in [6.07, 6.45) is 5.34. The third-order valence-electron chi connectivity index (χ3n) is 3.76. The Balaban J connectivity index is 1.46. The van der Waals surface area contributed by atoms with E-state index in [0.717, 1.165) is 11.1 Å². The lowest BCUT2D eigenvalue weighted by Crippen LogP contribution is -2.26. The summed E-state index contributed by atoms with van der Waals surface area (Å²) in [5.41, 5.74) is 2.07. The summed E-state index contributed by atoms with van der Waals surface area (Å²) >= 11 is 6.21. The van der Waals surface area contributed by atoms with E-state index in [-0.39, 0.29) is 5.91 Å². The second kappa shape index (κ2) is 8.02. The van der Waals surface area contributed by atoms with E-state index in [4.69, 9.17) is 21.1 Å². The molecule has 1 N–H and O–H groups in total. The largest absolute Gasteiger partial charge is 0.486 e. The van der Waals surface area contributed by atoms with Gasteiger partial charge in [-0.05, 0) is 42.2 Å². The van der Waals surface area contributed by atoms with E-state index in [1.807, 2.05) is 24.3 Å². The van der Waals surface area contributed by atoms with Gasteiger partial charge in [0.05, 0.1) is 5.02 Å². The molecule has 1 aromatic carbocycles. The average Bonchev–Trinajstić information content (AvgIpc) is 2.61. The highest BCUT2D eigenvalue weighted by atomic mass is 35.5. The van der Waals surface area contributed by atoms with Crippen LogP contribution in [0.5, 0.6) is 11.5 Å². The highest BCUT2D eigenvalue weighted by Crippen LogP contribution is 2.38. The Kier molecular flexibility index (Phi) is 5.54. The molecule has 2 aromatic rings. The summed E-state index contributed by atoms with van der Waals surface area (Å²) in [4.78, 5) is 15.9. The molecule has 0 radical (unpaired) electrons. The molecular weight excluding hydrogens is 328 g/mol. The number of benzene rings is 1. The van der Waals surface area contributed by atoms with Gasteiger partial charge in [-0.25, -0.2) is 0 Å². The summed E-state index contributed by atoms with van der Waals surface area (Å²) in [5, 5.41) is 3.47.